The van der Waals surface area contributed by atoms with E-state index in [1.807, 2.05) is 32.3 Å². The van der Waals surface area contributed by atoms with Gasteiger partial charge in [-0.05, 0) is 35.0 Å². The quantitative estimate of drug-likeness (QED) is 0.944. The number of hydrogen-bond donors (Lipinski definition) is 1. The van der Waals surface area contributed by atoms with Crippen LogP contribution in [0.25, 0.3) is 0 Å². The Kier molecular flexibility index (Phi) is 3.59. The van der Waals surface area contributed by atoms with Gasteiger partial charge in [0, 0.05) is 41.6 Å². The van der Waals surface area contributed by atoms with Gasteiger partial charge in [-0.15, -0.1) is 0 Å². The van der Waals surface area contributed by atoms with Crippen molar-refractivity contribution in [1.29, 1.82) is 0 Å². The van der Waals surface area contributed by atoms with Crippen molar-refractivity contribution in [1.82, 2.24) is 14.8 Å². The summed E-state index contributed by atoms with van der Waals surface area (Å²) in [5.74, 6) is 0. The molecule has 2 rings (SSSR count). The molecule has 0 aliphatic heterocycles. The van der Waals surface area contributed by atoms with Crippen LogP contribution in [-0.4, -0.2) is 19.9 Å². The van der Waals surface area contributed by atoms with E-state index in [1.165, 1.54) is 0 Å². The first kappa shape index (κ1) is 12.3. The molecule has 0 saturated carbocycles. The summed E-state index contributed by atoms with van der Waals surface area (Å²) in [5.41, 5.74) is 2.58. The second-order valence-electron chi connectivity index (χ2n) is 4.03. The lowest BCUT2D eigenvalue weighted by molar-refractivity contribution is 0.176. The van der Waals surface area contributed by atoms with Crippen LogP contribution < -0.4 is 0 Å². The standard InChI is InChI=1S/C12H14BrN3O/c1-8-11(7-16(2)15-8)12(17)5-10-4-3-9(13)6-14-10/h3-4,6-7,12,17H,5H2,1-2H3. The van der Waals surface area contributed by atoms with Crippen molar-refractivity contribution in [3.63, 3.8) is 0 Å². The number of aliphatic hydroxyl groups is 1. The molecule has 5 heteroatoms. The molecule has 0 aliphatic rings. The number of aliphatic hydroxyl groups excluding tert-OH is 1. The van der Waals surface area contributed by atoms with Gasteiger partial charge in [0.2, 0.25) is 0 Å². The molecule has 0 amide bonds. The minimum atomic E-state index is -0.558. The second kappa shape index (κ2) is 4.98. The van der Waals surface area contributed by atoms with Crippen LogP contribution in [0.1, 0.15) is 23.1 Å². The van der Waals surface area contributed by atoms with E-state index in [0.717, 1.165) is 21.4 Å². The Bertz CT molecular complexity index is 507. The molecule has 2 heterocycles. The normalized spacial score (nSPS) is 12.7. The fraction of sp³-hybridized carbons (Fsp3) is 0.333. The van der Waals surface area contributed by atoms with Crippen LogP contribution in [-0.2, 0) is 13.5 Å². The highest BCUT2D eigenvalue weighted by molar-refractivity contribution is 9.10. The van der Waals surface area contributed by atoms with Crippen molar-refractivity contribution >= 4 is 15.9 Å². The van der Waals surface area contributed by atoms with Crippen LogP contribution in [0.15, 0.2) is 29.0 Å². The fourth-order valence-corrected chi connectivity index (χ4v) is 2.01. The van der Waals surface area contributed by atoms with E-state index < -0.39 is 6.10 Å². The number of pyridine rings is 1. The van der Waals surface area contributed by atoms with E-state index in [-0.39, 0.29) is 0 Å². The van der Waals surface area contributed by atoms with Crippen molar-refractivity contribution in [2.24, 2.45) is 7.05 Å². The Labute approximate surface area is 108 Å². The average molecular weight is 296 g/mol. The summed E-state index contributed by atoms with van der Waals surface area (Å²) in [6.07, 6.45) is 3.52. The number of nitrogens with zero attached hydrogens (tertiary/aromatic N) is 3. The summed E-state index contributed by atoms with van der Waals surface area (Å²) in [6, 6.07) is 3.82. The Hall–Kier alpha value is -1.20. The van der Waals surface area contributed by atoms with Crippen LogP contribution in [0.2, 0.25) is 0 Å². The van der Waals surface area contributed by atoms with Gasteiger partial charge in [0.25, 0.3) is 0 Å². The zero-order valence-corrected chi connectivity index (χ0v) is 11.3. The molecule has 0 saturated heterocycles. The molecule has 0 aliphatic carbocycles. The molecule has 1 unspecified atom stereocenters. The van der Waals surface area contributed by atoms with Gasteiger partial charge in [-0.2, -0.15) is 5.10 Å². The molecule has 0 bridgehead atoms. The van der Waals surface area contributed by atoms with Gasteiger partial charge in [0.15, 0.2) is 0 Å². The predicted octanol–water partition coefficient (Wildman–Crippen LogP) is 2.16. The molecule has 90 valence electrons. The molecule has 0 spiro atoms. The zero-order valence-electron chi connectivity index (χ0n) is 9.76. The van der Waals surface area contributed by atoms with Crippen molar-refractivity contribution < 1.29 is 5.11 Å². The molecule has 1 atom stereocenters. The van der Waals surface area contributed by atoms with Crippen molar-refractivity contribution in [2.75, 3.05) is 0 Å². The van der Waals surface area contributed by atoms with E-state index >= 15 is 0 Å². The predicted molar refractivity (Wildman–Crippen MR) is 68.5 cm³/mol. The Morgan fingerprint density at radius 3 is 2.76 bits per heavy atom. The lowest BCUT2D eigenvalue weighted by Gasteiger charge is -2.08. The first-order valence-electron chi connectivity index (χ1n) is 5.35. The number of hydrogen-bond acceptors (Lipinski definition) is 3. The Morgan fingerprint density at radius 1 is 1.47 bits per heavy atom. The Balaban J connectivity index is 2.14. The van der Waals surface area contributed by atoms with Gasteiger partial charge in [0.1, 0.15) is 0 Å². The first-order valence-corrected chi connectivity index (χ1v) is 6.14. The monoisotopic (exact) mass is 295 g/mol. The maximum absolute atomic E-state index is 10.1. The summed E-state index contributed by atoms with van der Waals surface area (Å²) < 4.78 is 2.65. The van der Waals surface area contributed by atoms with Crippen molar-refractivity contribution in [3.05, 3.63) is 46.0 Å². The zero-order chi connectivity index (χ0) is 12.4. The summed E-state index contributed by atoms with van der Waals surface area (Å²) in [5, 5.41) is 14.3. The molecule has 0 aromatic carbocycles. The number of rotatable bonds is 3. The van der Waals surface area contributed by atoms with Crippen LogP contribution >= 0.6 is 15.9 Å². The van der Waals surface area contributed by atoms with Crippen LogP contribution in [0.4, 0.5) is 0 Å². The highest BCUT2D eigenvalue weighted by atomic mass is 79.9. The molecule has 0 radical (unpaired) electrons. The van der Waals surface area contributed by atoms with E-state index in [1.54, 1.807) is 10.9 Å². The minimum absolute atomic E-state index is 0.500. The highest BCUT2D eigenvalue weighted by Crippen LogP contribution is 2.20. The molecule has 17 heavy (non-hydrogen) atoms. The fourth-order valence-electron chi connectivity index (χ4n) is 1.78. The third-order valence-corrected chi connectivity index (χ3v) is 3.07. The van der Waals surface area contributed by atoms with Crippen molar-refractivity contribution in [3.8, 4) is 0 Å². The molecule has 1 N–H and O–H groups in total. The van der Waals surface area contributed by atoms with Gasteiger partial charge >= 0.3 is 0 Å². The van der Waals surface area contributed by atoms with Crippen molar-refractivity contribution in [2.45, 2.75) is 19.4 Å². The lowest BCUT2D eigenvalue weighted by atomic mass is 10.1. The number of aryl methyl sites for hydroxylation is 2. The molecule has 0 fully saturated rings. The van der Waals surface area contributed by atoms with Gasteiger partial charge in [-0.3, -0.25) is 9.67 Å². The minimum Gasteiger partial charge on any atom is -0.388 e. The highest BCUT2D eigenvalue weighted by Gasteiger charge is 2.14. The molecular formula is C12H14BrN3O. The van der Waals surface area contributed by atoms with E-state index in [0.29, 0.717) is 6.42 Å². The van der Waals surface area contributed by atoms with Crippen LogP contribution in [0.5, 0.6) is 0 Å². The smallest absolute Gasteiger partial charge is 0.0878 e. The third kappa shape index (κ3) is 2.92. The van der Waals surface area contributed by atoms with E-state index in [9.17, 15) is 5.11 Å². The second-order valence-corrected chi connectivity index (χ2v) is 4.95. The van der Waals surface area contributed by atoms with Crippen LogP contribution in [0.3, 0.4) is 0 Å². The number of aromatic nitrogens is 3. The van der Waals surface area contributed by atoms with Gasteiger partial charge in [-0.1, -0.05) is 0 Å². The van der Waals surface area contributed by atoms with E-state index in [4.69, 9.17) is 0 Å². The summed E-state index contributed by atoms with van der Waals surface area (Å²) in [4.78, 5) is 4.25. The Morgan fingerprint density at radius 2 is 2.24 bits per heavy atom. The lowest BCUT2D eigenvalue weighted by Crippen LogP contribution is -2.03. The maximum atomic E-state index is 10.1. The van der Waals surface area contributed by atoms with Gasteiger partial charge in [-0.25, -0.2) is 0 Å². The number of halogens is 1. The van der Waals surface area contributed by atoms with E-state index in [2.05, 4.69) is 26.0 Å². The summed E-state index contributed by atoms with van der Waals surface area (Å²) in [7, 11) is 1.85. The van der Waals surface area contributed by atoms with Gasteiger partial charge in [0.05, 0.1) is 11.8 Å². The topological polar surface area (TPSA) is 50.9 Å². The SMILES string of the molecule is Cc1nn(C)cc1C(O)Cc1ccc(Br)cn1. The van der Waals surface area contributed by atoms with Gasteiger partial charge < -0.3 is 5.11 Å². The molecule has 2 aromatic rings. The van der Waals surface area contributed by atoms with Crippen LogP contribution in [0, 0.1) is 6.92 Å². The summed E-state index contributed by atoms with van der Waals surface area (Å²) in [6.45, 7) is 1.90. The summed E-state index contributed by atoms with van der Waals surface area (Å²) >= 11 is 3.33. The average Bonchev–Trinajstić information content (AvgIpc) is 2.61. The molecule has 4 nitrogen and oxygen atoms in total. The first-order chi connectivity index (χ1) is 8.06. The largest absolute Gasteiger partial charge is 0.388 e. The maximum Gasteiger partial charge on any atom is 0.0878 e. The third-order valence-electron chi connectivity index (χ3n) is 2.60. The molecular weight excluding hydrogens is 282 g/mol. The molecule has 2 aromatic heterocycles.